The van der Waals surface area contributed by atoms with E-state index in [0.29, 0.717) is 12.1 Å². The zero-order valence-electron chi connectivity index (χ0n) is 7.82. The van der Waals surface area contributed by atoms with Crippen LogP contribution in [0.25, 0.3) is 0 Å². The summed E-state index contributed by atoms with van der Waals surface area (Å²) >= 11 is 0. The first-order valence-electron chi connectivity index (χ1n) is 5.03. The monoisotopic (exact) mass is 203 g/mol. The molecule has 2 heterocycles. The zero-order chi connectivity index (χ0) is 9.26. The average Bonchev–Trinajstić information content (AvgIpc) is 2.33. The smallest absolute Gasteiger partial charge is 0.0443 e. The SMILES string of the molecule is O=S1CC2CCC(C1)N2CCCO. The first-order valence-corrected chi connectivity index (χ1v) is 6.51. The minimum atomic E-state index is -0.568. The van der Waals surface area contributed by atoms with E-state index in [9.17, 15) is 4.21 Å². The normalized spacial score (nSPS) is 39.6. The Labute approximate surface area is 81.6 Å². The van der Waals surface area contributed by atoms with E-state index in [4.69, 9.17) is 5.11 Å². The first kappa shape index (κ1) is 9.62. The molecule has 0 aromatic rings. The van der Waals surface area contributed by atoms with Crippen LogP contribution in [0.15, 0.2) is 0 Å². The van der Waals surface area contributed by atoms with Crippen LogP contribution in [-0.2, 0) is 10.8 Å². The van der Waals surface area contributed by atoms with E-state index in [2.05, 4.69) is 4.90 Å². The van der Waals surface area contributed by atoms with Crippen molar-refractivity contribution in [3.8, 4) is 0 Å². The van der Waals surface area contributed by atoms with Gasteiger partial charge in [0.1, 0.15) is 0 Å². The second-order valence-electron chi connectivity index (χ2n) is 3.97. The Balaban J connectivity index is 1.94. The van der Waals surface area contributed by atoms with Gasteiger partial charge in [-0.1, -0.05) is 0 Å². The second-order valence-corrected chi connectivity index (χ2v) is 5.52. The summed E-state index contributed by atoms with van der Waals surface area (Å²) in [6.45, 7) is 1.27. The molecule has 76 valence electrons. The highest BCUT2D eigenvalue weighted by Gasteiger charge is 2.38. The summed E-state index contributed by atoms with van der Waals surface area (Å²) in [5, 5.41) is 8.76. The molecule has 0 saturated carbocycles. The van der Waals surface area contributed by atoms with Crippen molar-refractivity contribution in [3.63, 3.8) is 0 Å². The van der Waals surface area contributed by atoms with E-state index in [1.807, 2.05) is 0 Å². The van der Waals surface area contributed by atoms with E-state index in [1.165, 1.54) is 12.8 Å². The molecule has 0 aromatic heterocycles. The fourth-order valence-electron chi connectivity index (χ4n) is 2.49. The largest absolute Gasteiger partial charge is 0.396 e. The number of aliphatic hydroxyl groups excluding tert-OH is 1. The number of hydrogen-bond acceptors (Lipinski definition) is 3. The van der Waals surface area contributed by atoms with E-state index in [0.717, 1.165) is 24.5 Å². The summed E-state index contributed by atoms with van der Waals surface area (Å²) in [6.07, 6.45) is 3.28. The Morgan fingerprint density at radius 3 is 2.46 bits per heavy atom. The second kappa shape index (κ2) is 4.07. The van der Waals surface area contributed by atoms with Crippen LogP contribution in [0.5, 0.6) is 0 Å². The molecule has 0 radical (unpaired) electrons. The van der Waals surface area contributed by atoms with Crippen LogP contribution >= 0.6 is 0 Å². The number of nitrogens with zero attached hydrogens (tertiary/aromatic N) is 1. The highest BCUT2D eigenvalue weighted by molar-refractivity contribution is 7.85. The summed E-state index contributed by atoms with van der Waals surface area (Å²) in [4.78, 5) is 2.46. The van der Waals surface area contributed by atoms with Crippen molar-refractivity contribution in [1.29, 1.82) is 0 Å². The minimum Gasteiger partial charge on any atom is -0.396 e. The van der Waals surface area contributed by atoms with Crippen LogP contribution < -0.4 is 0 Å². The molecule has 2 fully saturated rings. The lowest BCUT2D eigenvalue weighted by Crippen LogP contribution is -2.47. The third-order valence-corrected chi connectivity index (χ3v) is 4.62. The third-order valence-electron chi connectivity index (χ3n) is 3.10. The molecule has 1 N–H and O–H groups in total. The topological polar surface area (TPSA) is 40.5 Å². The molecule has 13 heavy (non-hydrogen) atoms. The third kappa shape index (κ3) is 1.95. The lowest BCUT2D eigenvalue weighted by molar-refractivity contribution is 0.183. The molecule has 2 atom stereocenters. The molecular formula is C9H17NO2S. The van der Waals surface area contributed by atoms with Gasteiger partial charge in [0.2, 0.25) is 0 Å². The molecule has 0 aliphatic carbocycles. The van der Waals surface area contributed by atoms with Gasteiger partial charge < -0.3 is 5.11 Å². The van der Waals surface area contributed by atoms with Crippen molar-refractivity contribution in [2.24, 2.45) is 0 Å². The van der Waals surface area contributed by atoms with Crippen molar-refractivity contribution in [1.82, 2.24) is 4.90 Å². The molecule has 2 unspecified atom stereocenters. The highest BCUT2D eigenvalue weighted by Crippen LogP contribution is 2.29. The lowest BCUT2D eigenvalue weighted by Gasteiger charge is -2.33. The van der Waals surface area contributed by atoms with Gasteiger partial charge in [0.25, 0.3) is 0 Å². The van der Waals surface area contributed by atoms with Gasteiger partial charge in [-0.05, 0) is 19.3 Å². The molecule has 2 aliphatic heterocycles. The average molecular weight is 203 g/mol. The molecule has 2 rings (SSSR count). The van der Waals surface area contributed by atoms with Crippen LogP contribution in [0.1, 0.15) is 19.3 Å². The van der Waals surface area contributed by atoms with Crippen molar-refractivity contribution >= 4 is 10.8 Å². The predicted octanol–water partition coefficient (Wildman–Crippen LogP) is -0.0359. The van der Waals surface area contributed by atoms with E-state index in [1.54, 1.807) is 0 Å². The fourth-order valence-corrected chi connectivity index (χ4v) is 4.20. The van der Waals surface area contributed by atoms with Crippen molar-refractivity contribution in [2.45, 2.75) is 31.3 Å². The van der Waals surface area contributed by atoms with E-state index in [-0.39, 0.29) is 6.61 Å². The van der Waals surface area contributed by atoms with Gasteiger partial charge >= 0.3 is 0 Å². The summed E-state index contributed by atoms with van der Waals surface area (Å²) < 4.78 is 11.4. The standard InChI is InChI=1S/C9H17NO2S/c11-5-1-4-10-8-2-3-9(10)7-13(12)6-8/h8-9,11H,1-7H2. The van der Waals surface area contributed by atoms with Gasteiger partial charge in [0.15, 0.2) is 0 Å². The van der Waals surface area contributed by atoms with Crippen LogP contribution in [0.3, 0.4) is 0 Å². The summed E-state index contributed by atoms with van der Waals surface area (Å²) in [6, 6.07) is 1.09. The van der Waals surface area contributed by atoms with Crippen LogP contribution in [0, 0.1) is 0 Å². The fraction of sp³-hybridized carbons (Fsp3) is 1.00. The van der Waals surface area contributed by atoms with Gasteiger partial charge in [-0.2, -0.15) is 0 Å². The number of aliphatic hydroxyl groups is 1. The molecule has 2 saturated heterocycles. The van der Waals surface area contributed by atoms with Crippen molar-refractivity contribution in [2.75, 3.05) is 24.7 Å². The Morgan fingerprint density at radius 1 is 1.31 bits per heavy atom. The Bertz CT molecular complexity index is 194. The predicted molar refractivity (Wildman–Crippen MR) is 53.1 cm³/mol. The number of fused-ring (bicyclic) bond motifs is 2. The maximum atomic E-state index is 11.4. The first-order chi connectivity index (χ1) is 6.31. The molecule has 0 aromatic carbocycles. The van der Waals surface area contributed by atoms with Crippen LogP contribution in [0.4, 0.5) is 0 Å². The maximum Gasteiger partial charge on any atom is 0.0443 e. The molecule has 2 aliphatic rings. The van der Waals surface area contributed by atoms with Crippen molar-refractivity contribution < 1.29 is 9.32 Å². The van der Waals surface area contributed by atoms with Crippen LogP contribution in [0.2, 0.25) is 0 Å². The number of hydrogen-bond donors (Lipinski definition) is 1. The Morgan fingerprint density at radius 2 is 1.92 bits per heavy atom. The molecule has 2 bridgehead atoms. The molecule has 0 spiro atoms. The maximum absolute atomic E-state index is 11.4. The van der Waals surface area contributed by atoms with Gasteiger partial charge in [-0.25, -0.2) is 0 Å². The summed E-state index contributed by atoms with van der Waals surface area (Å²) in [5.74, 6) is 1.73. The Hall–Kier alpha value is 0.0700. The van der Waals surface area contributed by atoms with Gasteiger partial charge in [-0.3, -0.25) is 9.11 Å². The zero-order valence-corrected chi connectivity index (χ0v) is 8.63. The minimum absolute atomic E-state index is 0.277. The summed E-state index contributed by atoms with van der Waals surface area (Å²) in [5.41, 5.74) is 0. The molecule has 0 amide bonds. The molecule has 4 heteroatoms. The van der Waals surface area contributed by atoms with Crippen LogP contribution in [-0.4, -0.2) is 51.0 Å². The van der Waals surface area contributed by atoms with E-state index >= 15 is 0 Å². The highest BCUT2D eigenvalue weighted by atomic mass is 32.2. The van der Waals surface area contributed by atoms with Gasteiger partial charge in [0.05, 0.1) is 0 Å². The summed E-state index contributed by atoms with van der Waals surface area (Å²) in [7, 11) is -0.568. The van der Waals surface area contributed by atoms with Gasteiger partial charge in [0, 0.05) is 47.5 Å². The molecular weight excluding hydrogens is 186 g/mol. The van der Waals surface area contributed by atoms with Gasteiger partial charge in [-0.15, -0.1) is 0 Å². The van der Waals surface area contributed by atoms with Crippen molar-refractivity contribution in [3.05, 3.63) is 0 Å². The Kier molecular flexibility index (Phi) is 3.01. The lowest BCUT2D eigenvalue weighted by atomic mass is 10.2. The number of rotatable bonds is 3. The quantitative estimate of drug-likeness (QED) is 0.700. The van der Waals surface area contributed by atoms with E-state index < -0.39 is 10.8 Å². The molecule has 3 nitrogen and oxygen atoms in total.